The smallest absolute Gasteiger partial charge is 0.311 e. The molecule has 1 heterocycles. The summed E-state index contributed by atoms with van der Waals surface area (Å²) in [4.78, 5) is 23.7. The summed E-state index contributed by atoms with van der Waals surface area (Å²) in [6.45, 7) is 5.90. The van der Waals surface area contributed by atoms with Crippen LogP contribution in [0.1, 0.15) is 51.3 Å². The van der Waals surface area contributed by atoms with Gasteiger partial charge in [0.05, 0.1) is 17.9 Å². The Hall–Kier alpha value is -2.56. The molecule has 3 rings (SSSR count). The van der Waals surface area contributed by atoms with Crippen molar-refractivity contribution < 1.29 is 19.1 Å². The van der Waals surface area contributed by atoms with Gasteiger partial charge in [0.2, 0.25) is 0 Å². The largest absolute Gasteiger partial charge is 0.481 e. The van der Waals surface area contributed by atoms with E-state index in [0.717, 1.165) is 17.5 Å². The summed E-state index contributed by atoms with van der Waals surface area (Å²) in [6.07, 6.45) is 2.06. The van der Waals surface area contributed by atoms with E-state index in [9.17, 15) is 9.59 Å². The van der Waals surface area contributed by atoms with Crippen molar-refractivity contribution in [1.29, 1.82) is 0 Å². The number of carbonyl (C=O) groups excluding carboxylic acids is 1. The summed E-state index contributed by atoms with van der Waals surface area (Å²) in [5.74, 6) is -0.800. The minimum Gasteiger partial charge on any atom is -0.481 e. The van der Waals surface area contributed by atoms with Crippen LogP contribution in [-0.2, 0) is 17.6 Å². The van der Waals surface area contributed by atoms with Gasteiger partial charge in [-0.3, -0.25) is 9.59 Å². The molecule has 0 spiro atoms. The number of hydrogen-bond acceptors (Lipinski definition) is 3. The highest BCUT2D eigenvalue weighted by Crippen LogP contribution is 2.36. The molecule has 0 fully saturated rings. The van der Waals surface area contributed by atoms with Crippen molar-refractivity contribution in [3.8, 4) is 0 Å². The molecule has 1 amide bonds. The zero-order chi connectivity index (χ0) is 17.4. The quantitative estimate of drug-likeness (QED) is 0.904. The molecular weight excluding hydrogens is 306 g/mol. The van der Waals surface area contributed by atoms with E-state index in [4.69, 9.17) is 9.52 Å². The van der Waals surface area contributed by atoms with Crippen LogP contribution in [0, 0.1) is 19.8 Å². The first-order chi connectivity index (χ1) is 11.4. The zero-order valence-corrected chi connectivity index (χ0v) is 14.1. The van der Waals surface area contributed by atoms with Crippen molar-refractivity contribution in [2.45, 2.75) is 39.7 Å². The van der Waals surface area contributed by atoms with Gasteiger partial charge in [0, 0.05) is 5.56 Å². The fourth-order valence-electron chi connectivity index (χ4n) is 3.46. The van der Waals surface area contributed by atoms with Crippen LogP contribution in [0.4, 0.5) is 0 Å². The highest BCUT2D eigenvalue weighted by molar-refractivity contribution is 5.97. The maximum Gasteiger partial charge on any atom is 0.311 e. The summed E-state index contributed by atoms with van der Waals surface area (Å²) in [7, 11) is 0. The van der Waals surface area contributed by atoms with Gasteiger partial charge in [0.25, 0.3) is 5.91 Å². The van der Waals surface area contributed by atoms with Crippen molar-refractivity contribution >= 4 is 11.9 Å². The van der Waals surface area contributed by atoms with E-state index in [1.54, 1.807) is 6.92 Å². The summed E-state index contributed by atoms with van der Waals surface area (Å²) in [5.41, 5.74) is 4.56. The molecule has 2 unspecified atom stereocenters. The van der Waals surface area contributed by atoms with Gasteiger partial charge < -0.3 is 14.8 Å². The van der Waals surface area contributed by atoms with E-state index >= 15 is 0 Å². The summed E-state index contributed by atoms with van der Waals surface area (Å²) in [5, 5.41) is 12.1. The van der Waals surface area contributed by atoms with E-state index in [1.165, 1.54) is 11.8 Å². The molecule has 1 aliphatic rings. The van der Waals surface area contributed by atoms with Crippen molar-refractivity contribution in [3.63, 3.8) is 0 Å². The molecule has 1 aromatic heterocycles. The SMILES string of the molecule is Cc1ccc2c(c1)C(NC(=O)c1c(C)coc1CC(=O)O)C(C)C2. The number of aliphatic carboxylic acids is 1. The van der Waals surface area contributed by atoms with Gasteiger partial charge >= 0.3 is 5.97 Å². The Morgan fingerprint density at radius 3 is 2.79 bits per heavy atom. The fourth-order valence-corrected chi connectivity index (χ4v) is 3.46. The lowest BCUT2D eigenvalue weighted by Crippen LogP contribution is -2.31. The average Bonchev–Trinajstić information content (AvgIpc) is 3.00. The van der Waals surface area contributed by atoms with Gasteiger partial charge in [-0.25, -0.2) is 0 Å². The van der Waals surface area contributed by atoms with Crippen molar-refractivity contribution in [2.75, 3.05) is 0 Å². The third-order valence-corrected chi connectivity index (χ3v) is 4.62. The maximum absolute atomic E-state index is 12.8. The van der Waals surface area contributed by atoms with E-state index in [-0.39, 0.29) is 24.1 Å². The van der Waals surface area contributed by atoms with Gasteiger partial charge in [-0.2, -0.15) is 0 Å². The van der Waals surface area contributed by atoms with Gasteiger partial charge in [0.1, 0.15) is 12.2 Å². The average molecular weight is 327 g/mol. The number of carboxylic acids is 1. The fraction of sp³-hybridized carbons (Fsp3) is 0.368. The predicted molar refractivity (Wildman–Crippen MR) is 89.0 cm³/mol. The number of rotatable bonds is 4. The van der Waals surface area contributed by atoms with Crippen LogP contribution in [0.3, 0.4) is 0 Å². The molecule has 126 valence electrons. The van der Waals surface area contributed by atoms with Gasteiger partial charge in [-0.15, -0.1) is 0 Å². The predicted octanol–water partition coefficient (Wildman–Crippen LogP) is 3.19. The maximum atomic E-state index is 12.8. The zero-order valence-electron chi connectivity index (χ0n) is 14.1. The number of nitrogens with one attached hydrogen (secondary N) is 1. The molecule has 24 heavy (non-hydrogen) atoms. The number of amides is 1. The molecule has 0 radical (unpaired) electrons. The highest BCUT2D eigenvalue weighted by Gasteiger charge is 2.32. The molecule has 0 saturated carbocycles. The lowest BCUT2D eigenvalue weighted by Gasteiger charge is -2.19. The molecule has 2 N–H and O–H groups in total. The van der Waals surface area contributed by atoms with Crippen LogP contribution in [0.2, 0.25) is 0 Å². The first kappa shape index (κ1) is 16.3. The van der Waals surface area contributed by atoms with E-state index in [0.29, 0.717) is 17.0 Å². The number of furan rings is 1. The molecule has 0 saturated heterocycles. The number of fused-ring (bicyclic) bond motifs is 1. The summed E-state index contributed by atoms with van der Waals surface area (Å²) < 4.78 is 5.27. The minimum absolute atomic E-state index is 0.0700. The van der Waals surface area contributed by atoms with Gasteiger partial charge in [-0.05, 0) is 37.3 Å². The van der Waals surface area contributed by atoms with Crippen molar-refractivity contribution in [3.05, 3.63) is 58.0 Å². The molecular formula is C19H21NO4. The lowest BCUT2D eigenvalue weighted by atomic mass is 10.0. The number of benzene rings is 1. The van der Waals surface area contributed by atoms with E-state index < -0.39 is 5.97 Å². The number of aryl methyl sites for hydroxylation is 2. The Kier molecular flexibility index (Phi) is 4.18. The molecule has 0 aliphatic heterocycles. The monoisotopic (exact) mass is 327 g/mol. The molecule has 1 aromatic carbocycles. The Morgan fingerprint density at radius 1 is 1.33 bits per heavy atom. The van der Waals surface area contributed by atoms with Crippen molar-refractivity contribution in [2.24, 2.45) is 5.92 Å². The Balaban J connectivity index is 1.88. The van der Waals surface area contributed by atoms with Crippen LogP contribution in [-0.4, -0.2) is 17.0 Å². The minimum atomic E-state index is -1.02. The van der Waals surface area contributed by atoms with Crippen LogP contribution < -0.4 is 5.32 Å². The molecule has 5 nitrogen and oxygen atoms in total. The van der Waals surface area contributed by atoms with Crippen LogP contribution >= 0.6 is 0 Å². The van der Waals surface area contributed by atoms with Gasteiger partial charge in [-0.1, -0.05) is 30.7 Å². The van der Waals surface area contributed by atoms with E-state index in [2.05, 4.69) is 30.4 Å². The lowest BCUT2D eigenvalue weighted by molar-refractivity contribution is -0.136. The molecule has 5 heteroatoms. The van der Waals surface area contributed by atoms with Gasteiger partial charge in [0.15, 0.2) is 0 Å². The molecule has 0 bridgehead atoms. The third-order valence-electron chi connectivity index (χ3n) is 4.62. The van der Waals surface area contributed by atoms with E-state index in [1.807, 2.05) is 6.92 Å². The van der Waals surface area contributed by atoms with Crippen molar-refractivity contribution in [1.82, 2.24) is 5.32 Å². The summed E-state index contributed by atoms with van der Waals surface area (Å²) in [6, 6.07) is 6.25. The van der Waals surface area contributed by atoms with Crippen LogP contribution in [0.15, 0.2) is 28.9 Å². The van der Waals surface area contributed by atoms with Crippen LogP contribution in [0.25, 0.3) is 0 Å². The third kappa shape index (κ3) is 2.94. The Labute approximate surface area is 140 Å². The Morgan fingerprint density at radius 2 is 2.08 bits per heavy atom. The summed E-state index contributed by atoms with van der Waals surface area (Å²) >= 11 is 0. The second kappa shape index (κ2) is 6.15. The Bertz CT molecular complexity index is 806. The molecule has 1 aliphatic carbocycles. The highest BCUT2D eigenvalue weighted by atomic mass is 16.4. The van der Waals surface area contributed by atoms with Crippen LogP contribution in [0.5, 0.6) is 0 Å². The first-order valence-electron chi connectivity index (χ1n) is 8.06. The molecule has 2 atom stereocenters. The molecule has 2 aromatic rings. The standard InChI is InChI=1S/C19H21NO4/c1-10-4-5-13-7-11(2)18(14(13)6-10)20-19(23)17-12(3)9-24-15(17)8-16(21)22/h4-6,9,11,18H,7-8H2,1-3H3,(H,20,23)(H,21,22). The normalized spacial score (nSPS) is 19.1. The number of carbonyl (C=O) groups is 2. The topological polar surface area (TPSA) is 79.5 Å². The number of carboxylic acid groups (broad SMARTS) is 1. The first-order valence-corrected chi connectivity index (χ1v) is 8.06. The second-order valence-corrected chi connectivity index (χ2v) is 6.62. The second-order valence-electron chi connectivity index (χ2n) is 6.62. The number of hydrogen-bond donors (Lipinski definition) is 2.